The standard InChI is InChI=1S/C13H13N3O3/c1-8-3-4-9(13(18)19)5-11(8)15-12(17)10-6-14-16(2)7-10/h3-7H,1-2H3,(H,15,17)(H,18,19). The van der Waals surface area contributed by atoms with E-state index in [1.54, 1.807) is 26.2 Å². The lowest BCUT2D eigenvalue weighted by Gasteiger charge is -2.08. The molecule has 2 aromatic rings. The first-order chi connectivity index (χ1) is 8.97. The number of aromatic carboxylic acids is 1. The fraction of sp³-hybridized carbons (Fsp3) is 0.154. The zero-order chi connectivity index (χ0) is 14.0. The van der Waals surface area contributed by atoms with Gasteiger partial charge in [0, 0.05) is 18.9 Å². The van der Waals surface area contributed by atoms with Crippen LogP contribution < -0.4 is 5.32 Å². The van der Waals surface area contributed by atoms with Crippen molar-refractivity contribution in [1.29, 1.82) is 0 Å². The van der Waals surface area contributed by atoms with Gasteiger partial charge >= 0.3 is 5.97 Å². The maximum absolute atomic E-state index is 11.9. The second kappa shape index (κ2) is 4.93. The van der Waals surface area contributed by atoms with Gasteiger partial charge in [-0.3, -0.25) is 9.48 Å². The van der Waals surface area contributed by atoms with Crippen LogP contribution in [-0.2, 0) is 7.05 Å². The molecule has 2 rings (SSSR count). The van der Waals surface area contributed by atoms with Crippen molar-refractivity contribution in [2.75, 3.05) is 5.32 Å². The molecule has 0 spiro atoms. The second-order valence-electron chi connectivity index (χ2n) is 4.19. The number of hydrogen-bond acceptors (Lipinski definition) is 3. The quantitative estimate of drug-likeness (QED) is 0.878. The Bertz CT molecular complexity index is 646. The summed E-state index contributed by atoms with van der Waals surface area (Å²) in [6.07, 6.45) is 3.04. The van der Waals surface area contributed by atoms with Gasteiger partial charge in [0.2, 0.25) is 0 Å². The largest absolute Gasteiger partial charge is 0.478 e. The molecule has 0 saturated heterocycles. The number of carboxylic acids is 1. The molecular weight excluding hydrogens is 246 g/mol. The Hall–Kier alpha value is -2.63. The van der Waals surface area contributed by atoms with Crippen LogP contribution in [0, 0.1) is 6.92 Å². The van der Waals surface area contributed by atoms with E-state index < -0.39 is 5.97 Å². The number of rotatable bonds is 3. The Morgan fingerprint density at radius 3 is 2.63 bits per heavy atom. The van der Waals surface area contributed by atoms with E-state index in [1.165, 1.54) is 23.0 Å². The van der Waals surface area contributed by atoms with Gasteiger partial charge < -0.3 is 10.4 Å². The monoisotopic (exact) mass is 259 g/mol. The highest BCUT2D eigenvalue weighted by Gasteiger charge is 2.11. The Morgan fingerprint density at radius 1 is 1.32 bits per heavy atom. The Morgan fingerprint density at radius 2 is 2.05 bits per heavy atom. The number of carboxylic acid groups (broad SMARTS) is 1. The van der Waals surface area contributed by atoms with E-state index in [4.69, 9.17) is 5.11 Å². The summed E-state index contributed by atoms with van der Waals surface area (Å²) in [5, 5.41) is 15.5. The van der Waals surface area contributed by atoms with E-state index >= 15 is 0 Å². The van der Waals surface area contributed by atoms with Gasteiger partial charge in [0.15, 0.2) is 0 Å². The third-order valence-electron chi connectivity index (χ3n) is 2.70. The summed E-state index contributed by atoms with van der Waals surface area (Å²) in [5.41, 5.74) is 1.82. The summed E-state index contributed by atoms with van der Waals surface area (Å²) in [7, 11) is 1.72. The third kappa shape index (κ3) is 2.79. The van der Waals surface area contributed by atoms with Gasteiger partial charge in [0.05, 0.1) is 17.3 Å². The van der Waals surface area contributed by atoms with Crippen molar-refractivity contribution >= 4 is 17.6 Å². The van der Waals surface area contributed by atoms with Gasteiger partial charge in [-0.25, -0.2) is 4.79 Å². The smallest absolute Gasteiger partial charge is 0.335 e. The molecule has 1 aromatic heterocycles. The number of aromatic nitrogens is 2. The topological polar surface area (TPSA) is 84.2 Å². The number of amides is 1. The lowest BCUT2D eigenvalue weighted by molar-refractivity contribution is 0.0696. The van der Waals surface area contributed by atoms with Crippen LogP contribution >= 0.6 is 0 Å². The fourth-order valence-electron chi connectivity index (χ4n) is 1.62. The number of carbonyl (C=O) groups excluding carboxylic acids is 1. The van der Waals surface area contributed by atoms with E-state index in [0.29, 0.717) is 11.3 Å². The Balaban J connectivity index is 2.25. The summed E-state index contributed by atoms with van der Waals surface area (Å²) < 4.78 is 1.52. The predicted octanol–water partition coefficient (Wildman–Crippen LogP) is 1.68. The molecule has 1 heterocycles. The van der Waals surface area contributed by atoms with Gasteiger partial charge in [-0.05, 0) is 24.6 Å². The summed E-state index contributed by atoms with van der Waals surface area (Å²) in [5.74, 6) is -1.35. The van der Waals surface area contributed by atoms with E-state index in [-0.39, 0.29) is 11.5 Å². The van der Waals surface area contributed by atoms with Crippen molar-refractivity contribution in [1.82, 2.24) is 9.78 Å². The summed E-state index contributed by atoms with van der Waals surface area (Å²) in [6.45, 7) is 1.80. The van der Waals surface area contributed by atoms with E-state index in [9.17, 15) is 9.59 Å². The maximum Gasteiger partial charge on any atom is 0.335 e. The lowest BCUT2D eigenvalue weighted by atomic mass is 10.1. The van der Waals surface area contributed by atoms with Crippen molar-refractivity contribution < 1.29 is 14.7 Å². The van der Waals surface area contributed by atoms with Gasteiger partial charge in [-0.2, -0.15) is 5.10 Å². The average molecular weight is 259 g/mol. The molecule has 0 aliphatic carbocycles. The molecule has 19 heavy (non-hydrogen) atoms. The first-order valence-corrected chi connectivity index (χ1v) is 5.61. The highest BCUT2D eigenvalue weighted by atomic mass is 16.4. The molecule has 0 atom stereocenters. The van der Waals surface area contributed by atoms with Crippen molar-refractivity contribution in [3.8, 4) is 0 Å². The van der Waals surface area contributed by atoms with Gasteiger partial charge in [-0.15, -0.1) is 0 Å². The molecule has 6 heteroatoms. The van der Waals surface area contributed by atoms with Gasteiger partial charge in [0.25, 0.3) is 5.91 Å². The van der Waals surface area contributed by atoms with E-state index in [0.717, 1.165) is 5.56 Å². The molecule has 0 aliphatic rings. The molecule has 0 fully saturated rings. The summed E-state index contributed by atoms with van der Waals surface area (Å²) in [4.78, 5) is 22.8. The highest BCUT2D eigenvalue weighted by Crippen LogP contribution is 2.18. The molecule has 1 aromatic carbocycles. The van der Waals surface area contributed by atoms with Crippen LogP contribution in [-0.4, -0.2) is 26.8 Å². The van der Waals surface area contributed by atoms with Crippen molar-refractivity contribution in [2.24, 2.45) is 7.05 Å². The summed E-state index contributed by atoms with van der Waals surface area (Å²) in [6, 6.07) is 4.59. The molecule has 1 amide bonds. The van der Waals surface area contributed by atoms with Crippen molar-refractivity contribution in [3.63, 3.8) is 0 Å². The zero-order valence-corrected chi connectivity index (χ0v) is 10.5. The predicted molar refractivity (Wildman–Crippen MR) is 69.3 cm³/mol. The number of carbonyl (C=O) groups is 2. The van der Waals surface area contributed by atoms with E-state index in [1.807, 2.05) is 0 Å². The highest BCUT2D eigenvalue weighted by molar-refractivity contribution is 6.04. The minimum Gasteiger partial charge on any atom is -0.478 e. The zero-order valence-electron chi connectivity index (χ0n) is 10.5. The number of hydrogen-bond donors (Lipinski definition) is 2. The lowest BCUT2D eigenvalue weighted by Crippen LogP contribution is -2.12. The van der Waals surface area contributed by atoms with Crippen LogP contribution in [0.3, 0.4) is 0 Å². The van der Waals surface area contributed by atoms with Crippen LogP contribution in [0.4, 0.5) is 5.69 Å². The number of nitrogens with zero attached hydrogens (tertiary/aromatic N) is 2. The molecule has 0 bridgehead atoms. The van der Waals surface area contributed by atoms with Crippen LogP contribution in [0.5, 0.6) is 0 Å². The molecule has 6 nitrogen and oxygen atoms in total. The van der Waals surface area contributed by atoms with E-state index in [2.05, 4.69) is 10.4 Å². The van der Waals surface area contributed by atoms with Crippen LogP contribution in [0.1, 0.15) is 26.3 Å². The molecule has 2 N–H and O–H groups in total. The van der Waals surface area contributed by atoms with Crippen molar-refractivity contribution in [3.05, 3.63) is 47.3 Å². The van der Waals surface area contributed by atoms with Crippen LogP contribution in [0.25, 0.3) is 0 Å². The first kappa shape index (κ1) is 12.8. The van der Waals surface area contributed by atoms with Gasteiger partial charge in [0.1, 0.15) is 0 Å². The second-order valence-corrected chi connectivity index (χ2v) is 4.19. The Kier molecular flexibility index (Phi) is 3.33. The summed E-state index contributed by atoms with van der Waals surface area (Å²) >= 11 is 0. The Labute approximate surface area is 109 Å². The fourth-order valence-corrected chi connectivity index (χ4v) is 1.62. The number of anilines is 1. The first-order valence-electron chi connectivity index (χ1n) is 5.61. The average Bonchev–Trinajstić information content (AvgIpc) is 2.78. The molecule has 0 unspecified atom stereocenters. The molecule has 0 aliphatic heterocycles. The molecule has 98 valence electrons. The number of nitrogens with one attached hydrogen (secondary N) is 1. The maximum atomic E-state index is 11.9. The van der Waals surface area contributed by atoms with Crippen LogP contribution in [0.2, 0.25) is 0 Å². The minimum atomic E-state index is -1.03. The van der Waals surface area contributed by atoms with Crippen LogP contribution in [0.15, 0.2) is 30.6 Å². The number of aryl methyl sites for hydroxylation is 2. The minimum absolute atomic E-state index is 0.132. The normalized spacial score (nSPS) is 10.2. The third-order valence-corrected chi connectivity index (χ3v) is 2.70. The SMILES string of the molecule is Cc1ccc(C(=O)O)cc1NC(=O)c1cnn(C)c1. The molecule has 0 saturated carbocycles. The number of benzene rings is 1. The van der Waals surface area contributed by atoms with Crippen molar-refractivity contribution in [2.45, 2.75) is 6.92 Å². The van der Waals surface area contributed by atoms with Gasteiger partial charge in [-0.1, -0.05) is 6.07 Å². The molecular formula is C13H13N3O3. The molecule has 0 radical (unpaired) electrons.